The minimum Gasteiger partial charge on any atom is -0.321 e. The first-order chi connectivity index (χ1) is 12.2. The molecule has 1 aliphatic rings. The van der Waals surface area contributed by atoms with Crippen molar-refractivity contribution in [2.75, 3.05) is 15.4 Å². The maximum atomic E-state index is 12.4. The average molecular weight is 413 g/mol. The number of carbonyl (C=O) groups is 2. The second-order valence-corrected chi connectivity index (χ2v) is 8.56. The predicted molar refractivity (Wildman–Crippen MR) is 101 cm³/mol. The lowest BCUT2D eigenvalue weighted by atomic mass is 10.1. The van der Waals surface area contributed by atoms with Gasteiger partial charge in [0.1, 0.15) is 0 Å². The van der Waals surface area contributed by atoms with Crippen LogP contribution in [0.3, 0.4) is 0 Å². The summed E-state index contributed by atoms with van der Waals surface area (Å²) in [6.45, 7) is 1.55. The smallest absolute Gasteiger partial charge is 0.257 e. The van der Waals surface area contributed by atoms with Crippen LogP contribution in [0.2, 0.25) is 10.0 Å². The van der Waals surface area contributed by atoms with Gasteiger partial charge in [-0.25, -0.2) is 12.7 Å². The zero-order valence-corrected chi connectivity index (χ0v) is 15.9. The van der Waals surface area contributed by atoms with Crippen LogP contribution >= 0.6 is 23.2 Å². The molecule has 1 unspecified atom stereocenters. The van der Waals surface area contributed by atoms with Crippen molar-refractivity contribution in [1.82, 2.24) is 0 Å². The first-order valence-electron chi connectivity index (χ1n) is 7.63. The van der Waals surface area contributed by atoms with Crippen molar-refractivity contribution in [3.8, 4) is 0 Å². The van der Waals surface area contributed by atoms with Crippen molar-refractivity contribution in [1.29, 1.82) is 0 Å². The van der Waals surface area contributed by atoms with Crippen LogP contribution in [0.4, 0.5) is 11.4 Å². The van der Waals surface area contributed by atoms with Crippen LogP contribution in [0.15, 0.2) is 42.5 Å². The average Bonchev–Trinajstić information content (AvgIpc) is 2.76. The number of rotatable bonds is 3. The number of amides is 2. The minimum atomic E-state index is -3.74. The monoisotopic (exact) mass is 412 g/mol. The third kappa shape index (κ3) is 3.42. The molecule has 2 amide bonds. The van der Waals surface area contributed by atoms with Crippen LogP contribution in [0.5, 0.6) is 0 Å². The molecule has 26 heavy (non-hydrogen) atoms. The topological polar surface area (TPSA) is 83.6 Å². The van der Waals surface area contributed by atoms with Gasteiger partial charge in [0.05, 0.1) is 38.7 Å². The van der Waals surface area contributed by atoms with Gasteiger partial charge in [0.25, 0.3) is 5.91 Å². The van der Waals surface area contributed by atoms with E-state index >= 15 is 0 Å². The number of nitrogens with one attached hydrogen (secondary N) is 1. The van der Waals surface area contributed by atoms with Gasteiger partial charge in [-0.2, -0.15) is 0 Å². The Bertz CT molecular complexity index is 1010. The van der Waals surface area contributed by atoms with Gasteiger partial charge in [0.2, 0.25) is 15.9 Å². The van der Waals surface area contributed by atoms with Gasteiger partial charge in [-0.1, -0.05) is 42.3 Å². The standard InChI is InChI=1S/C17H14Cl2N2O4S/c1-10-9-26(24,25)21(17(10)23)11-6-7-12(14(19)8-11)16(22)20-15-5-3-2-4-13(15)18/h2-8,10H,9H2,1H3,(H,20,22). The molecular weight excluding hydrogens is 399 g/mol. The van der Waals surface area contributed by atoms with E-state index in [2.05, 4.69) is 5.32 Å². The van der Waals surface area contributed by atoms with E-state index in [4.69, 9.17) is 23.2 Å². The highest BCUT2D eigenvalue weighted by molar-refractivity contribution is 7.94. The molecule has 0 aromatic heterocycles. The van der Waals surface area contributed by atoms with Gasteiger partial charge in [-0.3, -0.25) is 9.59 Å². The van der Waals surface area contributed by atoms with Gasteiger partial charge < -0.3 is 5.32 Å². The zero-order valence-electron chi connectivity index (χ0n) is 13.6. The van der Waals surface area contributed by atoms with E-state index < -0.39 is 27.8 Å². The fraction of sp³-hybridized carbons (Fsp3) is 0.176. The number of carbonyl (C=O) groups excluding carboxylic acids is 2. The molecule has 0 aliphatic carbocycles. The molecule has 0 bridgehead atoms. The number of nitrogens with zero attached hydrogens (tertiary/aromatic N) is 1. The van der Waals surface area contributed by atoms with Gasteiger partial charge in [-0.05, 0) is 30.3 Å². The van der Waals surface area contributed by atoms with Gasteiger partial charge >= 0.3 is 0 Å². The van der Waals surface area contributed by atoms with Gasteiger partial charge in [0.15, 0.2) is 0 Å². The highest BCUT2D eigenvalue weighted by atomic mass is 35.5. The molecule has 6 nitrogen and oxygen atoms in total. The van der Waals surface area contributed by atoms with Crippen LogP contribution in [-0.2, 0) is 14.8 Å². The summed E-state index contributed by atoms with van der Waals surface area (Å²) in [5.74, 6) is -1.90. The summed E-state index contributed by atoms with van der Waals surface area (Å²) < 4.78 is 25.1. The molecule has 136 valence electrons. The van der Waals surface area contributed by atoms with Crippen molar-refractivity contribution < 1.29 is 18.0 Å². The number of anilines is 2. The molecule has 1 fully saturated rings. The Labute approximate surface area is 160 Å². The third-order valence-electron chi connectivity index (χ3n) is 3.91. The Morgan fingerprint density at radius 2 is 1.85 bits per heavy atom. The zero-order chi connectivity index (χ0) is 19.1. The lowest BCUT2D eigenvalue weighted by Crippen LogP contribution is -2.30. The molecule has 0 saturated carbocycles. The van der Waals surface area contributed by atoms with E-state index in [-0.39, 0.29) is 22.0 Å². The van der Waals surface area contributed by atoms with Crippen molar-refractivity contribution in [3.63, 3.8) is 0 Å². The summed E-state index contributed by atoms with van der Waals surface area (Å²) >= 11 is 12.2. The fourth-order valence-corrected chi connectivity index (χ4v) is 4.91. The second-order valence-electron chi connectivity index (χ2n) is 5.88. The van der Waals surface area contributed by atoms with Crippen molar-refractivity contribution in [2.24, 2.45) is 5.92 Å². The first-order valence-corrected chi connectivity index (χ1v) is 9.99. The van der Waals surface area contributed by atoms with Gasteiger partial charge in [0, 0.05) is 0 Å². The number of para-hydroxylation sites is 1. The van der Waals surface area contributed by atoms with Crippen molar-refractivity contribution in [2.45, 2.75) is 6.92 Å². The van der Waals surface area contributed by atoms with E-state index in [0.717, 1.165) is 4.31 Å². The summed E-state index contributed by atoms with van der Waals surface area (Å²) in [5.41, 5.74) is 0.663. The summed E-state index contributed by atoms with van der Waals surface area (Å²) in [5, 5.41) is 3.03. The quantitative estimate of drug-likeness (QED) is 0.834. The molecule has 0 spiro atoms. The van der Waals surface area contributed by atoms with Crippen LogP contribution in [-0.4, -0.2) is 26.0 Å². The summed E-state index contributed by atoms with van der Waals surface area (Å²) in [7, 11) is -3.74. The van der Waals surface area contributed by atoms with E-state index in [0.29, 0.717) is 10.7 Å². The molecule has 0 radical (unpaired) electrons. The molecule has 3 rings (SSSR count). The van der Waals surface area contributed by atoms with Crippen molar-refractivity contribution >= 4 is 56.4 Å². The van der Waals surface area contributed by atoms with E-state index in [1.807, 2.05) is 0 Å². The SMILES string of the molecule is CC1CS(=O)(=O)N(c2ccc(C(=O)Nc3ccccc3Cl)c(Cl)c2)C1=O. The Kier molecular flexibility index (Phi) is 4.96. The largest absolute Gasteiger partial charge is 0.321 e. The van der Waals surface area contributed by atoms with E-state index in [9.17, 15) is 18.0 Å². The maximum Gasteiger partial charge on any atom is 0.257 e. The normalized spacial score (nSPS) is 18.8. The fourth-order valence-electron chi connectivity index (χ4n) is 2.65. The molecule has 1 N–H and O–H groups in total. The predicted octanol–water partition coefficient (Wildman–Crippen LogP) is 3.56. The van der Waals surface area contributed by atoms with Crippen LogP contribution < -0.4 is 9.62 Å². The van der Waals surface area contributed by atoms with Crippen LogP contribution in [0.1, 0.15) is 17.3 Å². The highest BCUT2D eigenvalue weighted by Crippen LogP contribution is 2.32. The molecule has 1 aliphatic heterocycles. The summed E-state index contributed by atoms with van der Waals surface area (Å²) in [6, 6.07) is 10.8. The molecular formula is C17H14Cl2N2O4S. The molecule has 1 saturated heterocycles. The Morgan fingerprint density at radius 3 is 2.42 bits per heavy atom. The van der Waals surface area contributed by atoms with Gasteiger partial charge in [-0.15, -0.1) is 0 Å². The van der Waals surface area contributed by atoms with E-state index in [1.165, 1.54) is 18.2 Å². The first kappa shape index (κ1) is 18.7. The number of halogens is 2. The van der Waals surface area contributed by atoms with Crippen molar-refractivity contribution in [3.05, 3.63) is 58.1 Å². The second kappa shape index (κ2) is 6.90. The summed E-state index contributed by atoms with van der Waals surface area (Å²) in [6.07, 6.45) is 0. The van der Waals surface area contributed by atoms with Crippen LogP contribution in [0.25, 0.3) is 0 Å². The number of benzene rings is 2. The Morgan fingerprint density at radius 1 is 1.15 bits per heavy atom. The van der Waals surface area contributed by atoms with E-state index in [1.54, 1.807) is 31.2 Å². The molecule has 2 aromatic rings. The van der Waals surface area contributed by atoms with Crippen LogP contribution in [0, 0.1) is 5.92 Å². The molecule has 2 aromatic carbocycles. The lowest BCUT2D eigenvalue weighted by Gasteiger charge is -2.16. The Balaban J connectivity index is 1.90. The number of sulfonamides is 1. The molecule has 9 heteroatoms. The minimum absolute atomic E-state index is 0.0228. The lowest BCUT2D eigenvalue weighted by molar-refractivity contribution is -0.119. The molecule has 1 atom stereocenters. The summed E-state index contributed by atoms with van der Waals surface area (Å²) in [4.78, 5) is 24.6. The third-order valence-corrected chi connectivity index (χ3v) is 6.43. The molecule has 1 heterocycles. The Hall–Kier alpha value is -2.09. The number of hydrogen-bond acceptors (Lipinski definition) is 4. The highest BCUT2D eigenvalue weighted by Gasteiger charge is 2.42. The number of hydrogen-bond donors (Lipinski definition) is 1. The maximum absolute atomic E-state index is 12.4.